The van der Waals surface area contributed by atoms with Gasteiger partial charge in [0.15, 0.2) is 5.78 Å². The van der Waals surface area contributed by atoms with Gasteiger partial charge in [0.05, 0.1) is 11.3 Å². The Bertz CT molecular complexity index is 834. The first-order valence-corrected chi connectivity index (χ1v) is 8.13. The lowest BCUT2D eigenvalue weighted by Gasteiger charge is -2.13. The maximum atomic E-state index is 12.6. The summed E-state index contributed by atoms with van der Waals surface area (Å²) in [6.45, 7) is 8.69. The molecule has 0 aliphatic heterocycles. The summed E-state index contributed by atoms with van der Waals surface area (Å²) in [5, 5.41) is 5.57. The van der Waals surface area contributed by atoms with Crippen molar-refractivity contribution in [2.45, 2.75) is 40.7 Å². The van der Waals surface area contributed by atoms with Crippen LogP contribution in [-0.2, 0) is 0 Å². The van der Waals surface area contributed by atoms with Gasteiger partial charge in [-0.25, -0.2) is 0 Å². The largest absolute Gasteiger partial charge is 0.354 e. The first-order chi connectivity index (χ1) is 11.7. The standard InChI is InChI=1S/C19H23N3O3/c1-10(2)20-18(24)14-8-6-7-9-15(14)22-19(25)17-11(3)16(13(5)23)12(4)21-17/h6-10,21H,1-5H3,(H,20,24)(H,22,25). The van der Waals surface area contributed by atoms with Crippen LogP contribution in [-0.4, -0.2) is 28.6 Å². The van der Waals surface area contributed by atoms with Crippen molar-refractivity contribution in [2.75, 3.05) is 5.32 Å². The molecule has 0 aliphatic rings. The Labute approximate surface area is 147 Å². The zero-order valence-corrected chi connectivity index (χ0v) is 15.1. The summed E-state index contributed by atoms with van der Waals surface area (Å²) >= 11 is 0. The number of carbonyl (C=O) groups excluding carboxylic acids is 3. The van der Waals surface area contributed by atoms with Crippen molar-refractivity contribution in [3.63, 3.8) is 0 Å². The Morgan fingerprint density at radius 1 is 1.04 bits per heavy atom. The van der Waals surface area contributed by atoms with Crippen LogP contribution in [0.4, 0.5) is 5.69 Å². The molecule has 2 amide bonds. The molecule has 25 heavy (non-hydrogen) atoms. The molecule has 0 saturated carbocycles. The quantitative estimate of drug-likeness (QED) is 0.729. The highest BCUT2D eigenvalue weighted by Crippen LogP contribution is 2.21. The van der Waals surface area contributed by atoms with E-state index in [4.69, 9.17) is 0 Å². The molecular formula is C19H23N3O3. The Morgan fingerprint density at radius 2 is 1.68 bits per heavy atom. The van der Waals surface area contributed by atoms with Gasteiger partial charge in [-0.05, 0) is 52.3 Å². The third kappa shape index (κ3) is 3.96. The number of aromatic amines is 1. The van der Waals surface area contributed by atoms with Gasteiger partial charge >= 0.3 is 0 Å². The zero-order chi connectivity index (χ0) is 18.7. The molecule has 2 rings (SSSR count). The number of benzene rings is 1. The summed E-state index contributed by atoms with van der Waals surface area (Å²) in [6.07, 6.45) is 0. The van der Waals surface area contributed by atoms with Gasteiger partial charge in [0.2, 0.25) is 0 Å². The predicted molar refractivity (Wildman–Crippen MR) is 97.3 cm³/mol. The van der Waals surface area contributed by atoms with Crippen molar-refractivity contribution in [3.8, 4) is 0 Å². The third-order valence-electron chi connectivity index (χ3n) is 3.86. The molecule has 0 bridgehead atoms. The van der Waals surface area contributed by atoms with Crippen molar-refractivity contribution < 1.29 is 14.4 Å². The van der Waals surface area contributed by atoms with Crippen LogP contribution in [0, 0.1) is 13.8 Å². The van der Waals surface area contributed by atoms with Crippen molar-refractivity contribution in [1.82, 2.24) is 10.3 Å². The lowest BCUT2D eigenvalue weighted by atomic mass is 10.1. The number of hydrogen-bond acceptors (Lipinski definition) is 3. The Balaban J connectivity index is 2.32. The topological polar surface area (TPSA) is 91.1 Å². The molecule has 0 atom stereocenters. The highest BCUT2D eigenvalue weighted by Gasteiger charge is 2.21. The molecule has 6 nitrogen and oxygen atoms in total. The second-order valence-electron chi connectivity index (χ2n) is 6.31. The predicted octanol–water partition coefficient (Wildman–Crippen LogP) is 3.22. The number of ketones is 1. The third-order valence-corrected chi connectivity index (χ3v) is 3.86. The molecule has 0 unspecified atom stereocenters. The highest BCUT2D eigenvalue weighted by atomic mass is 16.2. The summed E-state index contributed by atoms with van der Waals surface area (Å²) in [7, 11) is 0. The van der Waals surface area contributed by atoms with Gasteiger partial charge in [-0.2, -0.15) is 0 Å². The van der Waals surface area contributed by atoms with Crippen LogP contribution in [0.1, 0.15) is 63.2 Å². The molecule has 132 valence electrons. The number of carbonyl (C=O) groups is 3. The second kappa shape index (κ2) is 7.34. The van der Waals surface area contributed by atoms with E-state index in [1.54, 1.807) is 38.1 Å². The van der Waals surface area contributed by atoms with Crippen molar-refractivity contribution >= 4 is 23.3 Å². The lowest BCUT2D eigenvalue weighted by molar-refractivity contribution is 0.0943. The summed E-state index contributed by atoms with van der Waals surface area (Å²) < 4.78 is 0. The SMILES string of the molecule is CC(=O)c1c(C)[nH]c(C(=O)Nc2ccccc2C(=O)NC(C)C)c1C. The van der Waals surface area contributed by atoms with E-state index >= 15 is 0 Å². The number of hydrogen-bond donors (Lipinski definition) is 3. The number of H-pyrrole nitrogens is 1. The molecule has 2 aromatic rings. The number of aromatic nitrogens is 1. The molecule has 0 fully saturated rings. The minimum Gasteiger partial charge on any atom is -0.354 e. The first kappa shape index (κ1) is 18.4. The van der Waals surface area contributed by atoms with E-state index in [-0.39, 0.29) is 17.7 Å². The summed E-state index contributed by atoms with van der Waals surface area (Å²) in [6, 6.07) is 6.80. The number of aryl methyl sites for hydroxylation is 1. The van der Waals surface area contributed by atoms with E-state index in [1.807, 2.05) is 13.8 Å². The van der Waals surface area contributed by atoms with E-state index in [0.717, 1.165) is 0 Å². The molecule has 3 N–H and O–H groups in total. The first-order valence-electron chi connectivity index (χ1n) is 8.13. The number of Topliss-reactive ketones (excluding diaryl/α,β-unsaturated/α-hetero) is 1. The lowest BCUT2D eigenvalue weighted by Crippen LogP contribution is -2.31. The average molecular weight is 341 g/mol. The van der Waals surface area contributed by atoms with Gasteiger partial charge in [0, 0.05) is 17.3 Å². The van der Waals surface area contributed by atoms with Gasteiger partial charge in [0.1, 0.15) is 5.69 Å². The number of para-hydroxylation sites is 1. The smallest absolute Gasteiger partial charge is 0.272 e. The molecule has 0 radical (unpaired) electrons. The molecule has 1 aromatic carbocycles. The molecule has 1 aromatic heterocycles. The fourth-order valence-electron chi connectivity index (χ4n) is 2.82. The average Bonchev–Trinajstić information content (AvgIpc) is 2.82. The van der Waals surface area contributed by atoms with Crippen LogP contribution in [0.3, 0.4) is 0 Å². The molecule has 0 aliphatic carbocycles. The number of rotatable bonds is 5. The van der Waals surface area contributed by atoms with Crippen LogP contribution in [0.15, 0.2) is 24.3 Å². The summed E-state index contributed by atoms with van der Waals surface area (Å²) in [5.41, 5.74) is 2.91. The normalized spacial score (nSPS) is 10.6. The zero-order valence-electron chi connectivity index (χ0n) is 15.1. The second-order valence-corrected chi connectivity index (χ2v) is 6.31. The van der Waals surface area contributed by atoms with Gasteiger partial charge < -0.3 is 15.6 Å². The fourth-order valence-corrected chi connectivity index (χ4v) is 2.82. The van der Waals surface area contributed by atoms with Crippen LogP contribution < -0.4 is 10.6 Å². The van der Waals surface area contributed by atoms with E-state index in [0.29, 0.717) is 33.8 Å². The van der Waals surface area contributed by atoms with E-state index in [1.165, 1.54) is 6.92 Å². The van der Waals surface area contributed by atoms with Gasteiger partial charge in [-0.15, -0.1) is 0 Å². The Morgan fingerprint density at radius 3 is 2.24 bits per heavy atom. The molecule has 0 saturated heterocycles. The Hall–Kier alpha value is -2.89. The van der Waals surface area contributed by atoms with Crippen LogP contribution in [0.5, 0.6) is 0 Å². The van der Waals surface area contributed by atoms with Crippen molar-refractivity contribution in [3.05, 3.63) is 52.3 Å². The number of amides is 2. The molecule has 0 spiro atoms. The maximum absolute atomic E-state index is 12.6. The monoisotopic (exact) mass is 341 g/mol. The summed E-state index contributed by atoms with van der Waals surface area (Å²) in [4.78, 5) is 39.6. The van der Waals surface area contributed by atoms with E-state index in [9.17, 15) is 14.4 Å². The Kier molecular flexibility index (Phi) is 5.41. The minimum atomic E-state index is -0.391. The molecule has 1 heterocycles. The van der Waals surface area contributed by atoms with E-state index in [2.05, 4.69) is 15.6 Å². The fraction of sp³-hybridized carbons (Fsp3) is 0.316. The van der Waals surface area contributed by atoms with Crippen molar-refractivity contribution in [2.24, 2.45) is 0 Å². The highest BCUT2D eigenvalue weighted by molar-refractivity contribution is 6.10. The van der Waals surface area contributed by atoms with Crippen molar-refractivity contribution in [1.29, 1.82) is 0 Å². The number of nitrogens with one attached hydrogen (secondary N) is 3. The molecular weight excluding hydrogens is 318 g/mol. The molecule has 6 heteroatoms. The van der Waals surface area contributed by atoms with Crippen LogP contribution in [0.25, 0.3) is 0 Å². The minimum absolute atomic E-state index is 0.0114. The van der Waals surface area contributed by atoms with Gasteiger partial charge in [0.25, 0.3) is 11.8 Å². The van der Waals surface area contributed by atoms with Gasteiger partial charge in [-0.3, -0.25) is 14.4 Å². The van der Waals surface area contributed by atoms with Crippen LogP contribution >= 0.6 is 0 Å². The maximum Gasteiger partial charge on any atom is 0.272 e. The van der Waals surface area contributed by atoms with Gasteiger partial charge in [-0.1, -0.05) is 12.1 Å². The van der Waals surface area contributed by atoms with E-state index < -0.39 is 5.91 Å². The summed E-state index contributed by atoms with van der Waals surface area (Å²) in [5.74, 6) is -0.741. The van der Waals surface area contributed by atoms with Crippen LogP contribution in [0.2, 0.25) is 0 Å². The number of anilines is 1.